The summed E-state index contributed by atoms with van der Waals surface area (Å²) in [6, 6.07) is 6.43. The van der Waals surface area contributed by atoms with Gasteiger partial charge in [0.25, 0.3) is 0 Å². The van der Waals surface area contributed by atoms with Crippen LogP contribution in [0.3, 0.4) is 0 Å². The number of rotatable bonds is 26. The number of amides is 4. The maximum Gasteiger partial charge on any atom is 0.303 e. The molecule has 0 bridgehead atoms. The van der Waals surface area contributed by atoms with E-state index in [0.29, 0.717) is 37.9 Å². The highest BCUT2D eigenvalue weighted by Crippen LogP contribution is 2.30. The number of aliphatic hydroxyl groups excluding tert-OH is 1. The zero-order valence-corrected chi connectivity index (χ0v) is 38.0. The van der Waals surface area contributed by atoms with E-state index in [1.165, 1.54) is 0 Å². The topological polar surface area (TPSA) is 178 Å². The van der Waals surface area contributed by atoms with Crippen molar-refractivity contribution >= 4 is 29.6 Å². The molecule has 4 amide bonds. The van der Waals surface area contributed by atoms with Crippen molar-refractivity contribution < 1.29 is 43.7 Å². The number of carboxylic acids is 1. The lowest BCUT2D eigenvalue weighted by atomic mass is 9.89. The van der Waals surface area contributed by atoms with Gasteiger partial charge in [-0.2, -0.15) is 0 Å². The first-order chi connectivity index (χ1) is 27.8. The number of likely N-dealkylation sites (N-methyl/N-ethyl adjacent to an activating group) is 2. The lowest BCUT2D eigenvalue weighted by Crippen LogP contribution is -2.60. The summed E-state index contributed by atoms with van der Waals surface area (Å²) in [6.45, 7) is 16.4. The van der Waals surface area contributed by atoms with Crippen LogP contribution in [0.4, 0.5) is 0 Å². The van der Waals surface area contributed by atoms with Gasteiger partial charge in [-0.3, -0.25) is 28.9 Å². The Hall–Kier alpha value is -3.59. The van der Waals surface area contributed by atoms with Crippen LogP contribution in [0.1, 0.15) is 118 Å². The number of aliphatic hydroxyl groups is 1. The number of carbonyl (C=O) groups excluding carboxylic acids is 4. The number of hydrogen-bond acceptors (Lipinski definition) is 9. The second-order valence-electron chi connectivity index (χ2n) is 17.3. The Kier molecular flexibility index (Phi) is 22.1. The number of nitrogens with zero attached hydrogens (tertiary/aromatic N) is 3. The van der Waals surface area contributed by atoms with Gasteiger partial charge in [-0.1, -0.05) is 91.6 Å². The highest BCUT2D eigenvalue weighted by atomic mass is 16.5. The van der Waals surface area contributed by atoms with Gasteiger partial charge in [0, 0.05) is 34.2 Å². The molecule has 14 heteroatoms. The number of methoxy groups -OCH3 is 2. The average molecular weight is 832 g/mol. The molecule has 1 aromatic rings. The normalized spacial score (nSPS) is 19.1. The molecule has 4 N–H and O–H groups in total. The van der Waals surface area contributed by atoms with Gasteiger partial charge in [0.05, 0.1) is 54.8 Å². The van der Waals surface area contributed by atoms with E-state index < -0.39 is 54.4 Å². The Labute approximate surface area is 354 Å². The highest BCUT2D eigenvalue weighted by molar-refractivity contribution is 5.90. The SMILES string of the molecule is CCC(C)C(C(CC(=O)N1CCC[C@H]1C(OC)C(C)C(=O)NC(C)C(O)c1ccccc1)OC)N(C)C(=O)C(NC(=O)C(C(C)C)N(C)CCCCCC(=O)O)C(C)C. The van der Waals surface area contributed by atoms with E-state index in [9.17, 15) is 29.1 Å². The van der Waals surface area contributed by atoms with E-state index >= 15 is 0 Å². The minimum Gasteiger partial charge on any atom is -0.481 e. The molecule has 0 saturated carbocycles. The van der Waals surface area contributed by atoms with Crippen LogP contribution < -0.4 is 10.6 Å². The van der Waals surface area contributed by atoms with Crippen molar-refractivity contribution in [3.63, 3.8) is 0 Å². The second-order valence-corrected chi connectivity index (χ2v) is 17.3. The Morgan fingerprint density at radius 1 is 0.881 bits per heavy atom. The molecular formula is C45H77N5O9. The third-order valence-corrected chi connectivity index (χ3v) is 12.3. The Morgan fingerprint density at radius 2 is 1.53 bits per heavy atom. The van der Waals surface area contributed by atoms with Gasteiger partial charge in [-0.05, 0) is 69.5 Å². The van der Waals surface area contributed by atoms with Crippen molar-refractivity contribution in [2.24, 2.45) is 23.7 Å². The van der Waals surface area contributed by atoms with Crippen molar-refractivity contribution in [2.45, 2.75) is 155 Å². The molecule has 0 radical (unpaired) electrons. The Bertz CT molecular complexity index is 1460. The number of hydrogen-bond donors (Lipinski definition) is 4. The minimum absolute atomic E-state index is 0.00231. The zero-order chi connectivity index (χ0) is 44.6. The standard InChI is InChI=1S/C45H77N5O9/c1-13-30(6)40(49(10)45(57)38(28(2)3)47-44(56)39(29(4)5)48(9)25-19-15-18-24-37(52)53)35(58-11)27-36(51)50-26-20-23-34(50)42(59-12)31(7)43(55)46-32(8)41(54)33-21-16-14-17-22-33/h14,16-17,21-22,28-32,34-35,38-42,54H,13,15,18-20,23-27H2,1-12H3,(H,46,55)(H,47,56)(H,52,53)/t30?,31?,32?,34-,35?,38?,39?,40?,41?,42?/m0/s1. The Balaban J connectivity index is 2.23. The smallest absolute Gasteiger partial charge is 0.303 e. The summed E-state index contributed by atoms with van der Waals surface area (Å²) in [6.07, 6.45) is 2.15. The lowest BCUT2D eigenvalue weighted by molar-refractivity contribution is -0.148. The predicted molar refractivity (Wildman–Crippen MR) is 229 cm³/mol. The molecule has 2 rings (SSSR count). The summed E-state index contributed by atoms with van der Waals surface area (Å²) >= 11 is 0. The fourth-order valence-corrected chi connectivity index (χ4v) is 8.62. The number of likely N-dealkylation sites (tertiary alicyclic amines) is 1. The number of unbranched alkanes of at least 4 members (excludes halogenated alkanes) is 2. The van der Waals surface area contributed by atoms with Crippen LogP contribution in [0.25, 0.3) is 0 Å². The van der Waals surface area contributed by atoms with Crippen molar-refractivity contribution in [3.05, 3.63) is 35.9 Å². The zero-order valence-electron chi connectivity index (χ0n) is 38.0. The number of carboxylic acid groups (broad SMARTS) is 1. The maximum atomic E-state index is 14.5. The predicted octanol–water partition coefficient (Wildman–Crippen LogP) is 4.89. The molecule has 1 aliphatic rings. The third-order valence-electron chi connectivity index (χ3n) is 12.3. The van der Waals surface area contributed by atoms with E-state index in [4.69, 9.17) is 14.6 Å². The van der Waals surface area contributed by atoms with Crippen LogP contribution in [-0.4, -0.2) is 138 Å². The van der Waals surface area contributed by atoms with Crippen LogP contribution in [0.2, 0.25) is 0 Å². The van der Waals surface area contributed by atoms with E-state index in [1.54, 1.807) is 44.9 Å². The van der Waals surface area contributed by atoms with Crippen molar-refractivity contribution in [2.75, 3.05) is 41.4 Å². The van der Waals surface area contributed by atoms with E-state index in [0.717, 1.165) is 19.3 Å². The van der Waals surface area contributed by atoms with Gasteiger partial charge in [-0.15, -0.1) is 0 Å². The number of nitrogens with one attached hydrogen (secondary N) is 2. The van der Waals surface area contributed by atoms with E-state index in [-0.39, 0.29) is 60.3 Å². The number of benzene rings is 1. The summed E-state index contributed by atoms with van der Waals surface area (Å²) in [4.78, 5) is 72.5. The molecular weight excluding hydrogens is 755 g/mol. The first-order valence-corrected chi connectivity index (χ1v) is 21.7. The van der Waals surface area contributed by atoms with Gasteiger partial charge in [0.15, 0.2) is 0 Å². The van der Waals surface area contributed by atoms with Gasteiger partial charge in [-0.25, -0.2) is 0 Å². The molecule has 0 aromatic heterocycles. The molecule has 336 valence electrons. The van der Waals surface area contributed by atoms with E-state index in [2.05, 4.69) is 10.6 Å². The summed E-state index contributed by atoms with van der Waals surface area (Å²) in [5.74, 6) is -2.73. The first-order valence-electron chi connectivity index (χ1n) is 21.7. The van der Waals surface area contributed by atoms with Crippen LogP contribution in [0.5, 0.6) is 0 Å². The van der Waals surface area contributed by atoms with Crippen LogP contribution in [0, 0.1) is 23.7 Å². The van der Waals surface area contributed by atoms with Gasteiger partial charge in [0.2, 0.25) is 23.6 Å². The molecule has 1 heterocycles. The number of aliphatic carboxylic acids is 1. The van der Waals surface area contributed by atoms with Crippen molar-refractivity contribution in [1.82, 2.24) is 25.3 Å². The Morgan fingerprint density at radius 3 is 2.07 bits per heavy atom. The number of carbonyl (C=O) groups is 5. The summed E-state index contributed by atoms with van der Waals surface area (Å²) < 4.78 is 12.0. The summed E-state index contributed by atoms with van der Waals surface area (Å²) in [5.41, 5.74) is 0.700. The molecule has 1 aromatic carbocycles. The molecule has 14 nitrogen and oxygen atoms in total. The molecule has 1 fully saturated rings. The maximum absolute atomic E-state index is 14.5. The van der Waals surface area contributed by atoms with Gasteiger partial charge < -0.3 is 40.1 Å². The summed E-state index contributed by atoms with van der Waals surface area (Å²) in [5, 5.41) is 25.8. The third kappa shape index (κ3) is 14.8. The first kappa shape index (κ1) is 51.6. The summed E-state index contributed by atoms with van der Waals surface area (Å²) in [7, 11) is 6.70. The fraction of sp³-hybridized carbons (Fsp3) is 0.756. The fourth-order valence-electron chi connectivity index (χ4n) is 8.62. The largest absolute Gasteiger partial charge is 0.481 e. The van der Waals surface area contributed by atoms with Crippen LogP contribution >= 0.6 is 0 Å². The van der Waals surface area contributed by atoms with Crippen LogP contribution in [0.15, 0.2) is 30.3 Å². The molecule has 59 heavy (non-hydrogen) atoms. The van der Waals surface area contributed by atoms with Crippen LogP contribution in [-0.2, 0) is 33.4 Å². The molecule has 1 aliphatic heterocycles. The average Bonchev–Trinajstić information content (AvgIpc) is 3.68. The minimum atomic E-state index is -0.891. The molecule has 0 aliphatic carbocycles. The quantitative estimate of drug-likeness (QED) is 0.0941. The molecule has 0 spiro atoms. The lowest BCUT2D eigenvalue weighted by Gasteiger charge is -2.41. The number of ether oxygens (including phenoxy) is 2. The molecule has 10 atom stereocenters. The van der Waals surface area contributed by atoms with Crippen molar-refractivity contribution in [3.8, 4) is 0 Å². The monoisotopic (exact) mass is 832 g/mol. The molecule has 1 saturated heterocycles. The van der Waals surface area contributed by atoms with E-state index in [1.807, 2.05) is 83.8 Å². The molecule has 9 unspecified atom stereocenters. The second kappa shape index (κ2) is 25.2. The van der Waals surface area contributed by atoms with Gasteiger partial charge >= 0.3 is 5.97 Å². The van der Waals surface area contributed by atoms with Gasteiger partial charge in [0.1, 0.15) is 6.04 Å². The van der Waals surface area contributed by atoms with Crippen molar-refractivity contribution in [1.29, 1.82) is 0 Å². The highest BCUT2D eigenvalue weighted by Gasteiger charge is 2.43.